The minimum atomic E-state index is -2.92. The van der Waals surface area contributed by atoms with Crippen molar-refractivity contribution in [1.82, 2.24) is 14.6 Å². The fraction of sp³-hybridized carbons (Fsp3) is 0.647. The van der Waals surface area contributed by atoms with Crippen LogP contribution in [0, 0.1) is 6.92 Å². The van der Waals surface area contributed by atoms with Crippen LogP contribution in [0.5, 0.6) is 0 Å². The lowest BCUT2D eigenvalue weighted by molar-refractivity contribution is -0.0186. The van der Waals surface area contributed by atoms with E-state index in [0.29, 0.717) is 25.3 Å². The minimum absolute atomic E-state index is 0.190. The molecule has 0 saturated carbocycles. The average Bonchev–Trinajstić information content (AvgIpc) is 3.05. The van der Waals surface area contributed by atoms with E-state index >= 15 is 0 Å². The molecule has 2 fully saturated rings. The first kappa shape index (κ1) is 15.7. The van der Waals surface area contributed by atoms with Gasteiger partial charge in [0.2, 0.25) is 0 Å². The number of hydrogen-bond donors (Lipinski definition) is 0. The Morgan fingerprint density at radius 3 is 2.62 bits per heavy atom. The molecule has 0 amide bonds. The summed E-state index contributed by atoms with van der Waals surface area (Å²) in [6.07, 6.45) is 2.34. The highest BCUT2D eigenvalue weighted by atomic mass is 19.3. The molecule has 24 heavy (non-hydrogen) atoms. The number of anilines is 1. The first-order chi connectivity index (χ1) is 11.5. The highest BCUT2D eigenvalue weighted by molar-refractivity contribution is 5.54. The van der Waals surface area contributed by atoms with E-state index < -0.39 is 5.92 Å². The zero-order valence-electron chi connectivity index (χ0n) is 14.0. The number of fused-ring (bicyclic) bond motifs is 3. The summed E-state index contributed by atoms with van der Waals surface area (Å²) in [5.41, 5.74) is 1.11. The van der Waals surface area contributed by atoms with Gasteiger partial charge in [-0.1, -0.05) is 13.3 Å². The van der Waals surface area contributed by atoms with Crippen molar-refractivity contribution in [2.45, 2.75) is 57.5 Å². The SMILES string of the molecule is CCCC(F)(F)c1cc2nc(C)cc(N3C4CCC3COC4)n2n1. The number of nitrogens with zero attached hydrogens (tertiary/aromatic N) is 4. The lowest BCUT2D eigenvalue weighted by Gasteiger charge is -2.36. The van der Waals surface area contributed by atoms with E-state index in [1.54, 1.807) is 11.4 Å². The Morgan fingerprint density at radius 2 is 1.96 bits per heavy atom. The Balaban J connectivity index is 1.82. The molecule has 130 valence electrons. The van der Waals surface area contributed by atoms with Gasteiger partial charge in [0, 0.05) is 24.2 Å². The van der Waals surface area contributed by atoms with E-state index in [0.717, 1.165) is 24.4 Å². The van der Waals surface area contributed by atoms with Crippen molar-refractivity contribution in [3.8, 4) is 0 Å². The van der Waals surface area contributed by atoms with Crippen molar-refractivity contribution in [3.63, 3.8) is 0 Å². The van der Waals surface area contributed by atoms with Crippen LogP contribution in [0.4, 0.5) is 14.6 Å². The maximum Gasteiger partial charge on any atom is 0.291 e. The molecule has 4 heterocycles. The summed E-state index contributed by atoms with van der Waals surface area (Å²) in [7, 11) is 0. The Bertz CT molecular complexity index is 744. The van der Waals surface area contributed by atoms with Crippen LogP contribution in [-0.4, -0.2) is 39.9 Å². The van der Waals surface area contributed by atoms with E-state index in [4.69, 9.17) is 4.74 Å². The molecule has 2 aromatic rings. The summed E-state index contributed by atoms with van der Waals surface area (Å²) in [5, 5.41) is 4.24. The summed E-state index contributed by atoms with van der Waals surface area (Å²) in [4.78, 5) is 6.70. The average molecular weight is 336 g/mol. The number of hydrogen-bond acceptors (Lipinski definition) is 4. The summed E-state index contributed by atoms with van der Waals surface area (Å²) in [6.45, 7) is 5.00. The second kappa shape index (κ2) is 5.65. The summed E-state index contributed by atoms with van der Waals surface area (Å²) < 4.78 is 35.8. The number of halogens is 2. The molecule has 4 rings (SSSR count). The summed E-state index contributed by atoms with van der Waals surface area (Å²) >= 11 is 0. The van der Waals surface area contributed by atoms with Gasteiger partial charge >= 0.3 is 0 Å². The fourth-order valence-corrected chi connectivity index (χ4v) is 3.89. The number of rotatable bonds is 4. The third-order valence-electron chi connectivity index (χ3n) is 4.98. The third kappa shape index (κ3) is 2.46. The first-order valence-corrected chi connectivity index (χ1v) is 8.61. The lowest BCUT2D eigenvalue weighted by atomic mass is 10.1. The normalized spacial score (nSPS) is 24.1. The van der Waals surface area contributed by atoms with Crippen LogP contribution in [0.2, 0.25) is 0 Å². The number of morpholine rings is 1. The molecule has 5 nitrogen and oxygen atoms in total. The molecule has 0 spiro atoms. The molecule has 2 aliphatic heterocycles. The number of aryl methyl sites for hydroxylation is 1. The van der Waals surface area contributed by atoms with Crippen LogP contribution in [0.25, 0.3) is 5.65 Å². The predicted octanol–water partition coefficient (Wildman–Crippen LogP) is 3.30. The van der Waals surface area contributed by atoms with Gasteiger partial charge in [0.15, 0.2) is 5.65 Å². The predicted molar refractivity (Wildman–Crippen MR) is 86.6 cm³/mol. The molecule has 2 unspecified atom stereocenters. The molecule has 2 atom stereocenters. The molecule has 0 N–H and O–H groups in total. The smallest absolute Gasteiger partial charge is 0.291 e. The monoisotopic (exact) mass is 336 g/mol. The van der Waals surface area contributed by atoms with Crippen LogP contribution >= 0.6 is 0 Å². The fourth-order valence-electron chi connectivity index (χ4n) is 3.89. The Morgan fingerprint density at radius 1 is 1.25 bits per heavy atom. The first-order valence-electron chi connectivity index (χ1n) is 8.61. The van der Waals surface area contributed by atoms with Gasteiger partial charge < -0.3 is 9.64 Å². The molecule has 2 aromatic heterocycles. The topological polar surface area (TPSA) is 42.7 Å². The van der Waals surface area contributed by atoms with Crippen LogP contribution in [0.3, 0.4) is 0 Å². The Labute approximate surface area is 139 Å². The minimum Gasteiger partial charge on any atom is -0.377 e. The van der Waals surface area contributed by atoms with E-state index in [1.807, 2.05) is 13.0 Å². The van der Waals surface area contributed by atoms with E-state index in [-0.39, 0.29) is 24.2 Å². The second-order valence-corrected chi connectivity index (χ2v) is 6.84. The van der Waals surface area contributed by atoms with Gasteiger partial charge in [-0.05, 0) is 19.8 Å². The second-order valence-electron chi connectivity index (χ2n) is 6.84. The van der Waals surface area contributed by atoms with Crippen molar-refractivity contribution in [1.29, 1.82) is 0 Å². The van der Waals surface area contributed by atoms with Gasteiger partial charge in [-0.25, -0.2) is 4.98 Å². The van der Waals surface area contributed by atoms with Crippen LogP contribution in [-0.2, 0) is 10.7 Å². The Hall–Kier alpha value is -1.76. The third-order valence-corrected chi connectivity index (χ3v) is 4.98. The number of alkyl halides is 2. The van der Waals surface area contributed by atoms with Gasteiger partial charge in [-0.3, -0.25) is 0 Å². The van der Waals surface area contributed by atoms with E-state index in [1.165, 1.54) is 6.07 Å². The molecule has 2 aliphatic rings. The van der Waals surface area contributed by atoms with Crippen LogP contribution < -0.4 is 4.90 Å². The maximum atomic E-state index is 14.3. The highest BCUT2D eigenvalue weighted by Gasteiger charge is 2.40. The summed E-state index contributed by atoms with van der Waals surface area (Å²) in [6, 6.07) is 3.95. The van der Waals surface area contributed by atoms with Gasteiger partial charge in [0.1, 0.15) is 11.5 Å². The quantitative estimate of drug-likeness (QED) is 0.859. The largest absolute Gasteiger partial charge is 0.377 e. The molecule has 2 saturated heterocycles. The lowest BCUT2D eigenvalue weighted by Crippen LogP contribution is -2.46. The molecule has 0 radical (unpaired) electrons. The van der Waals surface area contributed by atoms with Crippen molar-refractivity contribution >= 4 is 11.5 Å². The summed E-state index contributed by atoms with van der Waals surface area (Å²) in [5.74, 6) is -2.07. The molecule has 2 bridgehead atoms. The molecular weight excluding hydrogens is 314 g/mol. The zero-order valence-corrected chi connectivity index (χ0v) is 14.0. The van der Waals surface area contributed by atoms with Crippen molar-refractivity contribution in [3.05, 3.63) is 23.5 Å². The molecule has 0 aromatic carbocycles. The van der Waals surface area contributed by atoms with E-state index in [2.05, 4.69) is 15.0 Å². The zero-order chi connectivity index (χ0) is 16.9. The van der Waals surface area contributed by atoms with Crippen molar-refractivity contribution < 1.29 is 13.5 Å². The highest BCUT2D eigenvalue weighted by Crippen LogP contribution is 2.36. The Kier molecular flexibility index (Phi) is 3.71. The van der Waals surface area contributed by atoms with Crippen molar-refractivity contribution in [2.24, 2.45) is 0 Å². The molecular formula is C17H22F2N4O. The van der Waals surface area contributed by atoms with Gasteiger partial charge in [0.05, 0.1) is 25.3 Å². The number of aromatic nitrogens is 3. The number of ether oxygens (including phenoxy) is 1. The maximum absolute atomic E-state index is 14.3. The standard InChI is InChI=1S/C17H22F2N4O/c1-3-6-17(18,19)14-8-15-20-11(2)7-16(23(15)21-14)22-12-4-5-13(22)10-24-9-12/h7-8,12-13H,3-6,9-10H2,1-2H3. The molecule has 0 aliphatic carbocycles. The van der Waals surface area contributed by atoms with Crippen LogP contribution in [0.15, 0.2) is 12.1 Å². The van der Waals surface area contributed by atoms with Crippen molar-refractivity contribution in [2.75, 3.05) is 18.1 Å². The van der Waals surface area contributed by atoms with E-state index in [9.17, 15) is 8.78 Å². The van der Waals surface area contributed by atoms with Gasteiger partial charge in [-0.2, -0.15) is 18.4 Å². The van der Waals surface area contributed by atoms with Gasteiger partial charge in [0.25, 0.3) is 5.92 Å². The van der Waals surface area contributed by atoms with Crippen LogP contribution in [0.1, 0.15) is 44.0 Å². The van der Waals surface area contributed by atoms with Gasteiger partial charge in [-0.15, -0.1) is 0 Å². The molecule has 7 heteroatoms.